The van der Waals surface area contributed by atoms with Crippen LogP contribution in [0.25, 0.3) is 0 Å². The molecule has 3 aliphatic rings. The van der Waals surface area contributed by atoms with Gasteiger partial charge in [-0.25, -0.2) is 4.98 Å². The normalized spacial score (nSPS) is 21.6. The van der Waals surface area contributed by atoms with E-state index < -0.39 is 12.1 Å². The summed E-state index contributed by atoms with van der Waals surface area (Å²) in [5.41, 5.74) is 3.69. The summed E-state index contributed by atoms with van der Waals surface area (Å²) in [6.45, 7) is 4.24. The van der Waals surface area contributed by atoms with Crippen molar-refractivity contribution in [1.29, 1.82) is 0 Å². The molecule has 1 saturated heterocycles. The van der Waals surface area contributed by atoms with Crippen molar-refractivity contribution in [2.45, 2.75) is 94.9 Å². The molecule has 2 aliphatic heterocycles. The quantitative estimate of drug-likeness (QED) is 0.176. The molecule has 3 aromatic rings. The second kappa shape index (κ2) is 15.4. The predicted molar refractivity (Wildman–Crippen MR) is 186 cm³/mol. The molecule has 47 heavy (non-hydrogen) atoms. The summed E-state index contributed by atoms with van der Waals surface area (Å²) in [5.74, 6) is 1.69. The highest BCUT2D eigenvalue weighted by Crippen LogP contribution is 2.47. The Morgan fingerprint density at radius 1 is 1.11 bits per heavy atom. The molecule has 1 spiro atoms. The van der Waals surface area contributed by atoms with Crippen LogP contribution in [0.3, 0.4) is 0 Å². The summed E-state index contributed by atoms with van der Waals surface area (Å²) < 4.78 is 6.64. The largest absolute Gasteiger partial charge is 0.487 e. The average Bonchev–Trinajstić information content (AvgIpc) is 3.54. The number of pyridine rings is 1. The lowest BCUT2D eigenvalue weighted by atomic mass is 9.85. The van der Waals surface area contributed by atoms with Gasteiger partial charge in [0, 0.05) is 49.8 Å². The molecule has 0 bridgehead atoms. The SMILES string of the molecule is CCc1ccc2c(c1)[C@@H](NC[C@H](O)[C@H](Cc1ccccc1)NC(=O)c1cc(Cl)nc(N3CCC[C@@H](CCO)C3)c1)CC1(CCCC1)O2. The van der Waals surface area contributed by atoms with Crippen LogP contribution >= 0.6 is 11.6 Å². The molecular weight excluding hydrogens is 612 g/mol. The molecule has 3 heterocycles. The number of piperidine rings is 1. The van der Waals surface area contributed by atoms with Gasteiger partial charge in [0.2, 0.25) is 0 Å². The monoisotopic (exact) mass is 660 g/mol. The lowest BCUT2D eigenvalue weighted by molar-refractivity contribution is 0.0326. The summed E-state index contributed by atoms with van der Waals surface area (Å²) in [6.07, 6.45) is 8.69. The molecule has 1 amide bonds. The first-order chi connectivity index (χ1) is 22.8. The summed E-state index contributed by atoms with van der Waals surface area (Å²) in [4.78, 5) is 20.5. The zero-order chi connectivity index (χ0) is 32.8. The van der Waals surface area contributed by atoms with Gasteiger partial charge < -0.3 is 30.5 Å². The van der Waals surface area contributed by atoms with Gasteiger partial charge in [-0.2, -0.15) is 0 Å². The molecule has 2 fully saturated rings. The lowest BCUT2D eigenvalue weighted by Gasteiger charge is -2.41. The van der Waals surface area contributed by atoms with Crippen molar-refractivity contribution >= 4 is 23.3 Å². The first-order valence-electron chi connectivity index (χ1n) is 17.5. The fraction of sp³-hybridized carbons (Fsp3) is 0.526. The summed E-state index contributed by atoms with van der Waals surface area (Å²) in [5, 5.41) is 28.3. The Morgan fingerprint density at radius 3 is 2.68 bits per heavy atom. The van der Waals surface area contributed by atoms with Gasteiger partial charge in [0.15, 0.2) is 0 Å². The van der Waals surface area contributed by atoms with Crippen LogP contribution in [0.4, 0.5) is 5.82 Å². The Hall–Kier alpha value is -3.17. The first kappa shape index (κ1) is 33.7. The number of aromatic nitrogens is 1. The number of fused-ring (bicyclic) bond motifs is 1. The van der Waals surface area contributed by atoms with E-state index in [1.54, 1.807) is 12.1 Å². The van der Waals surface area contributed by atoms with Crippen LogP contribution in [-0.2, 0) is 12.8 Å². The molecule has 0 unspecified atom stereocenters. The number of nitrogens with zero attached hydrogens (tertiary/aromatic N) is 2. The number of anilines is 1. The van der Waals surface area contributed by atoms with Crippen molar-refractivity contribution in [3.05, 3.63) is 88.1 Å². The van der Waals surface area contributed by atoms with E-state index in [1.807, 2.05) is 30.3 Å². The number of halogens is 1. The number of hydrogen-bond acceptors (Lipinski definition) is 7. The van der Waals surface area contributed by atoms with Crippen LogP contribution < -0.4 is 20.3 Å². The fourth-order valence-corrected chi connectivity index (χ4v) is 7.93. The number of aryl methyl sites for hydroxylation is 1. The van der Waals surface area contributed by atoms with Crippen LogP contribution in [0.5, 0.6) is 5.75 Å². The van der Waals surface area contributed by atoms with Gasteiger partial charge in [0.25, 0.3) is 5.91 Å². The third kappa shape index (κ3) is 8.29. The number of carbonyl (C=O) groups is 1. The van der Waals surface area contributed by atoms with Gasteiger partial charge in [-0.05, 0) is 93.0 Å². The maximum Gasteiger partial charge on any atom is 0.251 e. The van der Waals surface area contributed by atoms with Gasteiger partial charge in [0.1, 0.15) is 22.3 Å². The molecule has 0 radical (unpaired) electrons. The Kier molecular flexibility index (Phi) is 11.0. The summed E-state index contributed by atoms with van der Waals surface area (Å²) in [7, 11) is 0. The Bertz CT molecular complexity index is 1500. The maximum absolute atomic E-state index is 13.8. The summed E-state index contributed by atoms with van der Waals surface area (Å²) >= 11 is 6.46. The molecule has 252 valence electrons. The highest BCUT2D eigenvalue weighted by Gasteiger charge is 2.43. The predicted octanol–water partition coefficient (Wildman–Crippen LogP) is 6.02. The standard InChI is InChI=1S/C38H49ClN4O4/c1-2-26-12-13-34-30(19-26)32(23-38(47-34)15-6-7-16-38)40-24-33(45)31(20-27-9-4-3-5-10-27)41-37(46)29-21-35(39)42-36(22-29)43-17-8-11-28(25-43)14-18-44/h3-5,9-10,12-13,19,21-22,28,31-33,40,44-45H,2,6-8,11,14-18,20,23-25H2,1H3,(H,41,46)/t28-,31-,32-,33-/m0/s1. The molecular formula is C38H49ClN4O4. The van der Waals surface area contributed by atoms with Crippen LogP contribution in [0.1, 0.15) is 91.4 Å². The maximum atomic E-state index is 13.8. The lowest BCUT2D eigenvalue weighted by Crippen LogP contribution is -2.50. The van der Waals surface area contributed by atoms with Gasteiger partial charge in [-0.1, -0.05) is 61.0 Å². The number of nitrogens with one attached hydrogen (secondary N) is 2. The number of benzene rings is 2. The minimum atomic E-state index is -0.850. The molecule has 1 aromatic heterocycles. The molecule has 9 heteroatoms. The van der Waals surface area contributed by atoms with Crippen LogP contribution in [0.2, 0.25) is 5.15 Å². The Balaban J connectivity index is 1.19. The van der Waals surface area contributed by atoms with E-state index in [9.17, 15) is 15.0 Å². The van der Waals surface area contributed by atoms with E-state index in [-0.39, 0.29) is 29.3 Å². The van der Waals surface area contributed by atoms with Crippen LogP contribution in [0, 0.1) is 5.92 Å². The van der Waals surface area contributed by atoms with Crippen molar-refractivity contribution in [2.75, 3.05) is 31.1 Å². The number of amides is 1. The van der Waals surface area contributed by atoms with Crippen molar-refractivity contribution in [1.82, 2.24) is 15.6 Å². The van der Waals surface area contributed by atoms with Crippen molar-refractivity contribution in [3.63, 3.8) is 0 Å². The minimum absolute atomic E-state index is 0.0480. The van der Waals surface area contributed by atoms with Crippen molar-refractivity contribution < 1.29 is 19.7 Å². The Morgan fingerprint density at radius 2 is 1.91 bits per heavy atom. The summed E-state index contributed by atoms with van der Waals surface area (Å²) in [6, 6.07) is 19.3. The van der Waals surface area contributed by atoms with Gasteiger partial charge in [-0.15, -0.1) is 0 Å². The van der Waals surface area contributed by atoms with Gasteiger partial charge in [-0.3, -0.25) is 4.79 Å². The third-order valence-corrected chi connectivity index (χ3v) is 10.5. The number of ether oxygens (including phenoxy) is 1. The van der Waals surface area contributed by atoms with E-state index in [0.717, 1.165) is 74.9 Å². The highest BCUT2D eigenvalue weighted by atomic mass is 35.5. The van der Waals surface area contributed by atoms with E-state index in [0.29, 0.717) is 30.3 Å². The van der Waals surface area contributed by atoms with Gasteiger partial charge in [0.05, 0.1) is 12.1 Å². The Labute approximate surface area is 283 Å². The van der Waals surface area contributed by atoms with E-state index in [2.05, 4.69) is 45.6 Å². The fourth-order valence-electron chi connectivity index (χ4n) is 7.72. The highest BCUT2D eigenvalue weighted by molar-refractivity contribution is 6.30. The topological polar surface area (TPSA) is 107 Å². The number of rotatable bonds is 12. The number of hydrogen-bond donors (Lipinski definition) is 4. The average molecular weight is 661 g/mol. The number of aliphatic hydroxyl groups is 2. The van der Waals surface area contributed by atoms with E-state index in [4.69, 9.17) is 16.3 Å². The van der Waals surface area contributed by atoms with Crippen LogP contribution in [0.15, 0.2) is 60.7 Å². The van der Waals surface area contributed by atoms with E-state index in [1.165, 1.54) is 18.4 Å². The number of aliphatic hydroxyl groups excluding tert-OH is 2. The molecule has 8 nitrogen and oxygen atoms in total. The zero-order valence-corrected chi connectivity index (χ0v) is 28.2. The minimum Gasteiger partial charge on any atom is -0.487 e. The smallest absolute Gasteiger partial charge is 0.251 e. The van der Waals surface area contributed by atoms with E-state index >= 15 is 0 Å². The van der Waals surface area contributed by atoms with Crippen molar-refractivity contribution in [3.8, 4) is 5.75 Å². The molecule has 4 N–H and O–H groups in total. The zero-order valence-electron chi connectivity index (χ0n) is 27.5. The molecule has 1 aliphatic carbocycles. The molecule has 4 atom stereocenters. The van der Waals surface area contributed by atoms with Crippen molar-refractivity contribution in [2.24, 2.45) is 5.92 Å². The second-order valence-corrected chi connectivity index (χ2v) is 14.1. The molecule has 6 rings (SSSR count). The van der Waals surface area contributed by atoms with Gasteiger partial charge >= 0.3 is 0 Å². The first-order valence-corrected chi connectivity index (χ1v) is 17.8. The van der Waals surface area contributed by atoms with Crippen LogP contribution in [-0.4, -0.2) is 65.1 Å². The number of carbonyl (C=O) groups excluding carboxylic acids is 1. The molecule has 2 aromatic carbocycles. The third-order valence-electron chi connectivity index (χ3n) is 10.4. The molecule has 1 saturated carbocycles. The second-order valence-electron chi connectivity index (χ2n) is 13.7.